The lowest BCUT2D eigenvalue weighted by Crippen LogP contribution is -2.35. The number of rotatable bonds is 4. The summed E-state index contributed by atoms with van der Waals surface area (Å²) in [6.07, 6.45) is 1.31. The molecule has 2 fully saturated rings. The number of carbonyl (C=O) groups excluding carboxylic acids is 1. The van der Waals surface area contributed by atoms with Gasteiger partial charge in [0.2, 0.25) is 0 Å². The van der Waals surface area contributed by atoms with E-state index in [0.29, 0.717) is 37.4 Å². The minimum atomic E-state index is -0.855. The topological polar surface area (TPSA) is 71.0 Å². The first-order valence-electron chi connectivity index (χ1n) is 9.99. The van der Waals surface area contributed by atoms with Crippen LogP contribution >= 0.6 is 0 Å². The Morgan fingerprint density at radius 3 is 2.48 bits per heavy atom. The molecule has 1 saturated carbocycles. The number of ether oxygens (including phenoxy) is 2. The molecule has 154 valence electrons. The van der Waals surface area contributed by atoms with Crippen molar-refractivity contribution in [2.24, 2.45) is 11.8 Å². The quantitative estimate of drug-likeness (QED) is 0.825. The van der Waals surface area contributed by atoms with Crippen molar-refractivity contribution in [3.63, 3.8) is 0 Å². The predicted octanol–water partition coefficient (Wildman–Crippen LogP) is 3.77. The molecule has 29 heavy (non-hydrogen) atoms. The Balaban J connectivity index is 1.42. The molecule has 2 amide bonds. The smallest absolute Gasteiger partial charge is 0.321 e. The first-order valence-corrected chi connectivity index (χ1v) is 9.99. The van der Waals surface area contributed by atoms with E-state index in [0.717, 1.165) is 16.9 Å². The fourth-order valence-corrected chi connectivity index (χ4v) is 4.78. The predicted molar refractivity (Wildman–Crippen MR) is 111 cm³/mol. The van der Waals surface area contributed by atoms with Crippen LogP contribution in [0.5, 0.6) is 11.5 Å². The Morgan fingerprint density at radius 2 is 1.83 bits per heavy atom. The number of urea groups is 1. The zero-order chi connectivity index (χ0) is 20.6. The number of hydrogen-bond acceptors (Lipinski definition) is 4. The summed E-state index contributed by atoms with van der Waals surface area (Å²) in [4.78, 5) is 14.7. The number of benzene rings is 2. The van der Waals surface area contributed by atoms with E-state index in [4.69, 9.17) is 9.47 Å². The van der Waals surface area contributed by atoms with E-state index in [1.165, 1.54) is 0 Å². The van der Waals surface area contributed by atoms with Gasteiger partial charge in [-0.05, 0) is 67.0 Å². The molecule has 1 saturated heterocycles. The number of carbonyl (C=O) groups is 1. The van der Waals surface area contributed by atoms with Crippen LogP contribution in [-0.2, 0) is 5.60 Å². The van der Waals surface area contributed by atoms with E-state index >= 15 is 0 Å². The summed E-state index contributed by atoms with van der Waals surface area (Å²) in [7, 11) is 3.23. The van der Waals surface area contributed by atoms with Gasteiger partial charge in [0.1, 0.15) is 11.5 Å². The molecule has 2 atom stereocenters. The van der Waals surface area contributed by atoms with Crippen molar-refractivity contribution >= 4 is 11.7 Å². The second kappa shape index (κ2) is 7.59. The summed E-state index contributed by atoms with van der Waals surface area (Å²) < 4.78 is 10.7. The molecule has 6 heteroatoms. The number of aliphatic hydroxyl groups is 1. The monoisotopic (exact) mass is 396 g/mol. The van der Waals surface area contributed by atoms with E-state index in [2.05, 4.69) is 5.32 Å². The molecule has 1 aliphatic heterocycles. The van der Waals surface area contributed by atoms with Crippen LogP contribution in [0.15, 0.2) is 42.5 Å². The highest BCUT2D eigenvalue weighted by atomic mass is 16.5. The van der Waals surface area contributed by atoms with Crippen LogP contribution in [0.1, 0.15) is 24.0 Å². The standard InChI is InChI=1S/C23H28N2O4/c1-15-7-8-21(29-3)20(9-15)24-22(26)25-13-16-11-23(27,12-17(16)14-25)18-5-4-6-19(10-18)28-2/h4-10,16-17,27H,11-14H2,1-3H3,(H,24,26). The van der Waals surface area contributed by atoms with E-state index in [9.17, 15) is 9.90 Å². The average molecular weight is 396 g/mol. The van der Waals surface area contributed by atoms with Crippen molar-refractivity contribution in [1.82, 2.24) is 4.90 Å². The largest absolute Gasteiger partial charge is 0.497 e. The second-order valence-electron chi connectivity index (χ2n) is 8.23. The Bertz CT molecular complexity index is 900. The average Bonchev–Trinajstić information content (AvgIpc) is 3.24. The third kappa shape index (κ3) is 3.77. The van der Waals surface area contributed by atoms with Crippen LogP contribution in [0.2, 0.25) is 0 Å². The van der Waals surface area contributed by atoms with E-state index in [1.54, 1.807) is 14.2 Å². The van der Waals surface area contributed by atoms with Crippen molar-refractivity contribution < 1.29 is 19.4 Å². The maximum atomic E-state index is 12.8. The van der Waals surface area contributed by atoms with Gasteiger partial charge in [-0.15, -0.1) is 0 Å². The summed E-state index contributed by atoms with van der Waals surface area (Å²) >= 11 is 0. The molecule has 0 bridgehead atoms. The number of amides is 2. The number of hydrogen-bond donors (Lipinski definition) is 2. The summed E-state index contributed by atoms with van der Waals surface area (Å²) in [5.41, 5.74) is 1.78. The Morgan fingerprint density at radius 1 is 1.10 bits per heavy atom. The molecule has 2 aromatic carbocycles. The number of anilines is 1. The molecular formula is C23H28N2O4. The minimum Gasteiger partial charge on any atom is -0.497 e. The fourth-order valence-electron chi connectivity index (χ4n) is 4.78. The number of likely N-dealkylation sites (tertiary alicyclic amines) is 1. The first kappa shape index (κ1) is 19.6. The van der Waals surface area contributed by atoms with Crippen molar-refractivity contribution in [3.05, 3.63) is 53.6 Å². The van der Waals surface area contributed by atoms with Crippen LogP contribution in [-0.4, -0.2) is 43.3 Å². The van der Waals surface area contributed by atoms with Gasteiger partial charge in [-0.3, -0.25) is 0 Å². The third-order valence-electron chi connectivity index (χ3n) is 6.27. The molecule has 2 N–H and O–H groups in total. The minimum absolute atomic E-state index is 0.117. The highest BCUT2D eigenvalue weighted by molar-refractivity contribution is 5.91. The van der Waals surface area contributed by atoms with Crippen LogP contribution < -0.4 is 14.8 Å². The van der Waals surface area contributed by atoms with Gasteiger partial charge in [0.05, 0.1) is 25.5 Å². The molecule has 1 aliphatic carbocycles. The van der Waals surface area contributed by atoms with Gasteiger partial charge in [-0.25, -0.2) is 4.79 Å². The Hall–Kier alpha value is -2.73. The number of fused-ring (bicyclic) bond motifs is 1. The summed E-state index contributed by atoms with van der Waals surface area (Å²) in [5, 5.41) is 14.2. The van der Waals surface area contributed by atoms with Gasteiger partial charge in [-0.2, -0.15) is 0 Å². The lowest BCUT2D eigenvalue weighted by molar-refractivity contribution is 0.0326. The lowest BCUT2D eigenvalue weighted by Gasteiger charge is -2.27. The Kier molecular flexibility index (Phi) is 5.13. The van der Waals surface area contributed by atoms with Crippen molar-refractivity contribution in [1.29, 1.82) is 0 Å². The molecule has 6 nitrogen and oxygen atoms in total. The highest BCUT2D eigenvalue weighted by Gasteiger charge is 2.50. The molecule has 4 rings (SSSR count). The van der Waals surface area contributed by atoms with Gasteiger partial charge >= 0.3 is 6.03 Å². The van der Waals surface area contributed by atoms with Gasteiger partial charge < -0.3 is 24.8 Å². The number of nitrogens with zero attached hydrogens (tertiary/aromatic N) is 1. The zero-order valence-electron chi connectivity index (χ0n) is 17.1. The van der Waals surface area contributed by atoms with Gasteiger partial charge in [0.15, 0.2) is 0 Å². The fraction of sp³-hybridized carbons (Fsp3) is 0.435. The second-order valence-corrected chi connectivity index (χ2v) is 8.23. The third-order valence-corrected chi connectivity index (χ3v) is 6.27. The molecular weight excluding hydrogens is 368 g/mol. The molecule has 2 aromatic rings. The zero-order valence-corrected chi connectivity index (χ0v) is 17.1. The molecule has 2 aliphatic rings. The molecule has 2 unspecified atom stereocenters. The molecule has 1 heterocycles. The highest BCUT2D eigenvalue weighted by Crippen LogP contribution is 2.49. The SMILES string of the molecule is COc1cccc(C2(O)CC3CN(C(=O)Nc4cc(C)ccc4OC)CC3C2)c1. The first-order chi connectivity index (χ1) is 13.9. The summed E-state index contributed by atoms with van der Waals surface area (Å²) in [6, 6.07) is 13.3. The van der Waals surface area contributed by atoms with E-state index in [1.807, 2.05) is 54.3 Å². The van der Waals surface area contributed by atoms with Gasteiger partial charge in [-0.1, -0.05) is 18.2 Å². The molecule has 0 spiro atoms. The van der Waals surface area contributed by atoms with E-state index < -0.39 is 5.60 Å². The van der Waals surface area contributed by atoms with Crippen LogP contribution in [0.25, 0.3) is 0 Å². The molecule has 0 radical (unpaired) electrons. The van der Waals surface area contributed by atoms with Crippen molar-refractivity contribution in [2.45, 2.75) is 25.4 Å². The maximum absolute atomic E-state index is 12.8. The van der Waals surface area contributed by atoms with Crippen LogP contribution in [0.3, 0.4) is 0 Å². The molecule has 0 aromatic heterocycles. The lowest BCUT2D eigenvalue weighted by atomic mass is 9.90. The van der Waals surface area contributed by atoms with Gasteiger partial charge in [0, 0.05) is 13.1 Å². The number of nitrogens with one attached hydrogen (secondary N) is 1. The van der Waals surface area contributed by atoms with Crippen LogP contribution in [0.4, 0.5) is 10.5 Å². The van der Waals surface area contributed by atoms with E-state index in [-0.39, 0.29) is 17.9 Å². The van der Waals surface area contributed by atoms with Gasteiger partial charge in [0.25, 0.3) is 0 Å². The van der Waals surface area contributed by atoms with Crippen LogP contribution in [0, 0.1) is 18.8 Å². The van der Waals surface area contributed by atoms with Crippen molar-refractivity contribution in [3.8, 4) is 11.5 Å². The maximum Gasteiger partial charge on any atom is 0.321 e. The summed E-state index contributed by atoms with van der Waals surface area (Å²) in [6.45, 7) is 3.28. The normalized spacial score (nSPS) is 25.6. The number of aryl methyl sites for hydroxylation is 1. The van der Waals surface area contributed by atoms with Crippen molar-refractivity contribution in [2.75, 3.05) is 32.6 Å². The Labute approximate surface area is 171 Å². The number of methoxy groups -OCH3 is 2. The summed E-state index contributed by atoms with van der Waals surface area (Å²) in [5.74, 6) is 1.98.